The Balaban J connectivity index is 2.11. The fourth-order valence-electron chi connectivity index (χ4n) is 3.36. The summed E-state index contributed by atoms with van der Waals surface area (Å²) in [5, 5.41) is 3.77. The van der Waals surface area contributed by atoms with E-state index in [1.54, 1.807) is 0 Å². The molecule has 0 saturated heterocycles. The van der Waals surface area contributed by atoms with Crippen LogP contribution in [0, 0.1) is 11.8 Å². The highest BCUT2D eigenvalue weighted by Crippen LogP contribution is 2.38. The Hall–Kier alpha value is -0.760. The first-order valence-corrected chi connectivity index (χ1v) is 8.05. The van der Waals surface area contributed by atoms with Crippen LogP contribution >= 0.6 is 0 Å². The largest absolute Gasteiger partial charge is 0.469 e. The van der Waals surface area contributed by atoms with Crippen molar-refractivity contribution in [3.05, 3.63) is 23.7 Å². The summed E-state index contributed by atoms with van der Waals surface area (Å²) >= 11 is 0. The molecule has 1 unspecified atom stereocenters. The second kappa shape index (κ2) is 7.14. The Morgan fingerprint density at radius 2 is 2.00 bits per heavy atom. The van der Waals surface area contributed by atoms with E-state index in [4.69, 9.17) is 4.42 Å². The Labute approximate surface area is 118 Å². The van der Waals surface area contributed by atoms with Gasteiger partial charge in [-0.15, -0.1) is 0 Å². The molecule has 2 rings (SSSR count). The van der Waals surface area contributed by atoms with Crippen molar-refractivity contribution in [3.63, 3.8) is 0 Å². The first-order chi connectivity index (χ1) is 9.26. The quantitative estimate of drug-likeness (QED) is 0.804. The first kappa shape index (κ1) is 14.6. The van der Waals surface area contributed by atoms with Gasteiger partial charge >= 0.3 is 0 Å². The lowest BCUT2D eigenvalue weighted by Crippen LogP contribution is -2.31. The molecule has 19 heavy (non-hydrogen) atoms. The van der Waals surface area contributed by atoms with Crippen LogP contribution in [0.4, 0.5) is 0 Å². The zero-order chi connectivity index (χ0) is 13.7. The normalized spacial score (nSPS) is 25.4. The Morgan fingerprint density at radius 3 is 2.63 bits per heavy atom. The van der Waals surface area contributed by atoms with Crippen LogP contribution in [0.1, 0.15) is 70.2 Å². The summed E-state index contributed by atoms with van der Waals surface area (Å²) in [6, 6.07) is 2.69. The number of nitrogens with one attached hydrogen (secondary N) is 1. The second-order valence-corrected chi connectivity index (χ2v) is 6.10. The highest BCUT2D eigenvalue weighted by molar-refractivity contribution is 5.22. The smallest absolute Gasteiger partial charge is 0.108 e. The Morgan fingerprint density at radius 1 is 1.26 bits per heavy atom. The van der Waals surface area contributed by atoms with Crippen LogP contribution in [0.3, 0.4) is 0 Å². The summed E-state index contributed by atoms with van der Waals surface area (Å²) in [6.45, 7) is 7.91. The van der Waals surface area contributed by atoms with E-state index in [0.29, 0.717) is 6.04 Å². The van der Waals surface area contributed by atoms with Crippen LogP contribution in [0.15, 0.2) is 16.7 Å². The summed E-state index contributed by atoms with van der Waals surface area (Å²) in [5.41, 5.74) is 1.41. The maximum atomic E-state index is 5.65. The van der Waals surface area contributed by atoms with Gasteiger partial charge in [-0.05, 0) is 43.7 Å². The molecule has 0 spiro atoms. The van der Waals surface area contributed by atoms with E-state index in [1.165, 1.54) is 43.4 Å². The van der Waals surface area contributed by atoms with Crippen molar-refractivity contribution in [3.8, 4) is 0 Å². The third-order valence-corrected chi connectivity index (χ3v) is 4.58. The molecule has 1 aromatic rings. The van der Waals surface area contributed by atoms with Gasteiger partial charge in [0.15, 0.2) is 0 Å². The highest BCUT2D eigenvalue weighted by Gasteiger charge is 2.28. The maximum Gasteiger partial charge on any atom is 0.108 e. The third-order valence-electron chi connectivity index (χ3n) is 4.58. The number of furan rings is 1. The van der Waals surface area contributed by atoms with Crippen molar-refractivity contribution in [1.82, 2.24) is 5.32 Å². The average molecular weight is 263 g/mol. The molecule has 2 nitrogen and oxygen atoms in total. The molecule has 0 bridgehead atoms. The summed E-state index contributed by atoms with van der Waals surface area (Å²) in [5.74, 6) is 2.87. The van der Waals surface area contributed by atoms with Crippen LogP contribution < -0.4 is 5.32 Å². The van der Waals surface area contributed by atoms with Gasteiger partial charge in [-0.1, -0.05) is 33.6 Å². The molecular weight excluding hydrogens is 234 g/mol. The van der Waals surface area contributed by atoms with Crippen LogP contribution in [-0.2, 0) is 6.42 Å². The molecule has 1 aliphatic rings. The highest BCUT2D eigenvalue weighted by atomic mass is 16.3. The van der Waals surface area contributed by atoms with Gasteiger partial charge in [0.05, 0.1) is 6.26 Å². The van der Waals surface area contributed by atoms with Crippen molar-refractivity contribution < 1.29 is 4.42 Å². The van der Waals surface area contributed by atoms with Gasteiger partial charge in [-0.2, -0.15) is 0 Å². The lowest BCUT2D eigenvalue weighted by atomic mass is 9.77. The first-order valence-electron chi connectivity index (χ1n) is 8.05. The third kappa shape index (κ3) is 3.62. The van der Waals surface area contributed by atoms with Gasteiger partial charge in [0.2, 0.25) is 0 Å². The lowest BCUT2D eigenvalue weighted by molar-refractivity contribution is 0.230. The number of hydrogen-bond acceptors (Lipinski definition) is 2. The molecule has 1 fully saturated rings. The predicted molar refractivity (Wildman–Crippen MR) is 80.2 cm³/mol. The van der Waals surface area contributed by atoms with Gasteiger partial charge in [-0.3, -0.25) is 0 Å². The molecule has 0 radical (unpaired) electrons. The summed E-state index contributed by atoms with van der Waals surface area (Å²) < 4.78 is 5.65. The van der Waals surface area contributed by atoms with Crippen LogP contribution in [-0.4, -0.2) is 6.54 Å². The van der Waals surface area contributed by atoms with Gasteiger partial charge in [-0.25, -0.2) is 0 Å². The molecule has 108 valence electrons. The minimum Gasteiger partial charge on any atom is -0.469 e. The fourth-order valence-corrected chi connectivity index (χ4v) is 3.36. The summed E-state index contributed by atoms with van der Waals surface area (Å²) in [4.78, 5) is 0. The Bertz CT molecular complexity index is 363. The van der Waals surface area contributed by atoms with Crippen LogP contribution in [0.25, 0.3) is 0 Å². The maximum absolute atomic E-state index is 5.65. The van der Waals surface area contributed by atoms with E-state index < -0.39 is 0 Å². The minimum absolute atomic E-state index is 0.501. The van der Waals surface area contributed by atoms with Gasteiger partial charge in [0.1, 0.15) is 5.76 Å². The van der Waals surface area contributed by atoms with E-state index in [9.17, 15) is 0 Å². The zero-order valence-electron chi connectivity index (χ0n) is 12.7. The van der Waals surface area contributed by atoms with Gasteiger partial charge < -0.3 is 9.73 Å². The van der Waals surface area contributed by atoms with E-state index in [0.717, 1.165) is 24.8 Å². The van der Waals surface area contributed by atoms with E-state index in [2.05, 4.69) is 32.2 Å². The summed E-state index contributed by atoms with van der Waals surface area (Å²) in [7, 11) is 0. The molecule has 0 aliphatic heterocycles. The van der Waals surface area contributed by atoms with E-state index in [1.807, 2.05) is 6.26 Å². The van der Waals surface area contributed by atoms with Crippen LogP contribution in [0.2, 0.25) is 0 Å². The van der Waals surface area contributed by atoms with Gasteiger partial charge in [0.25, 0.3) is 0 Å². The lowest BCUT2D eigenvalue weighted by Gasteiger charge is -2.33. The monoisotopic (exact) mass is 263 g/mol. The van der Waals surface area contributed by atoms with Crippen molar-refractivity contribution in [2.24, 2.45) is 11.8 Å². The van der Waals surface area contributed by atoms with E-state index >= 15 is 0 Å². The molecule has 1 saturated carbocycles. The zero-order valence-corrected chi connectivity index (χ0v) is 12.7. The number of aryl methyl sites for hydroxylation is 1. The molecule has 0 amide bonds. The number of hydrogen-bond donors (Lipinski definition) is 1. The summed E-state index contributed by atoms with van der Waals surface area (Å²) in [6.07, 6.45) is 9.53. The van der Waals surface area contributed by atoms with Crippen molar-refractivity contribution >= 4 is 0 Å². The number of rotatable bonds is 6. The van der Waals surface area contributed by atoms with Crippen molar-refractivity contribution in [2.75, 3.05) is 6.54 Å². The van der Waals surface area contributed by atoms with Gasteiger partial charge in [0, 0.05) is 18.0 Å². The van der Waals surface area contributed by atoms with E-state index in [-0.39, 0.29) is 0 Å². The van der Waals surface area contributed by atoms with Crippen molar-refractivity contribution in [2.45, 2.75) is 65.3 Å². The predicted octanol–water partition coefficient (Wildman–Crippen LogP) is 4.71. The van der Waals surface area contributed by atoms with Crippen LogP contribution in [0.5, 0.6) is 0 Å². The molecule has 1 aromatic heterocycles. The molecule has 0 aromatic carbocycles. The average Bonchev–Trinajstić information content (AvgIpc) is 2.89. The molecule has 1 atom stereocenters. The molecule has 2 heteroatoms. The molecular formula is C17H29NO. The molecule has 1 aliphatic carbocycles. The standard InChI is InChI=1S/C17H29NO/c1-4-11-18-17(14-8-6-13(3)7-9-14)15-10-12-19-16(15)5-2/h10,12-14,17-18H,4-9,11H2,1-3H3. The molecule has 1 N–H and O–H groups in total. The second-order valence-electron chi connectivity index (χ2n) is 6.10. The SMILES string of the molecule is CCCNC(c1ccoc1CC)C1CCC(C)CC1. The molecule has 1 heterocycles. The topological polar surface area (TPSA) is 25.2 Å². The Kier molecular flexibility index (Phi) is 5.50. The van der Waals surface area contributed by atoms with Crippen molar-refractivity contribution in [1.29, 1.82) is 0 Å². The fraction of sp³-hybridized carbons (Fsp3) is 0.765. The minimum atomic E-state index is 0.501.